The van der Waals surface area contributed by atoms with Gasteiger partial charge in [0.25, 0.3) is 0 Å². The van der Waals surface area contributed by atoms with E-state index in [0.717, 1.165) is 6.04 Å². The third-order valence-electron chi connectivity index (χ3n) is 4.83. The van der Waals surface area contributed by atoms with Crippen LogP contribution in [0.5, 0.6) is 0 Å². The monoisotopic (exact) mass is 302 g/mol. The average Bonchev–Trinajstić information content (AvgIpc) is 2.74. The first kappa shape index (κ1) is 13.8. The minimum absolute atomic E-state index is 0.623. The third kappa shape index (κ3) is 3.05. The van der Waals surface area contributed by atoms with E-state index < -0.39 is 0 Å². The number of hydrogen-bond acceptors (Lipinski definition) is 2. The van der Waals surface area contributed by atoms with Crippen LogP contribution in [0.25, 0.3) is 0 Å². The zero-order chi connectivity index (χ0) is 12.3. The molecule has 1 saturated carbocycles. The van der Waals surface area contributed by atoms with Crippen molar-refractivity contribution in [2.75, 3.05) is 38.1 Å². The van der Waals surface area contributed by atoms with E-state index in [1.807, 2.05) is 0 Å². The SMILES string of the molecule is CCN(CC)C1CCN(CC2(CBr)CCC2)C1. The van der Waals surface area contributed by atoms with Gasteiger partial charge in [-0.15, -0.1) is 0 Å². The number of likely N-dealkylation sites (tertiary alicyclic amines) is 1. The summed E-state index contributed by atoms with van der Waals surface area (Å²) in [5.41, 5.74) is 0.623. The molecule has 1 aliphatic carbocycles. The van der Waals surface area contributed by atoms with Crippen molar-refractivity contribution in [3.05, 3.63) is 0 Å². The van der Waals surface area contributed by atoms with E-state index in [2.05, 4.69) is 39.6 Å². The third-order valence-corrected chi connectivity index (χ3v) is 6.02. The summed E-state index contributed by atoms with van der Waals surface area (Å²) in [4.78, 5) is 5.34. The molecule has 3 heteroatoms. The minimum atomic E-state index is 0.623. The van der Waals surface area contributed by atoms with Gasteiger partial charge in [0.1, 0.15) is 0 Å². The van der Waals surface area contributed by atoms with Crippen molar-refractivity contribution in [2.24, 2.45) is 5.41 Å². The Morgan fingerprint density at radius 2 is 2.00 bits per heavy atom. The Morgan fingerprint density at radius 1 is 1.29 bits per heavy atom. The van der Waals surface area contributed by atoms with E-state index in [4.69, 9.17) is 0 Å². The zero-order valence-corrected chi connectivity index (χ0v) is 13.0. The summed E-state index contributed by atoms with van der Waals surface area (Å²) in [6.07, 6.45) is 5.69. The van der Waals surface area contributed by atoms with Gasteiger partial charge in [0, 0.05) is 24.5 Å². The van der Waals surface area contributed by atoms with E-state index in [0.29, 0.717) is 5.41 Å². The Kier molecular flexibility index (Phi) is 4.90. The average molecular weight is 303 g/mol. The van der Waals surface area contributed by atoms with Crippen LogP contribution >= 0.6 is 15.9 Å². The van der Waals surface area contributed by atoms with Gasteiger partial charge in [0.15, 0.2) is 0 Å². The minimum Gasteiger partial charge on any atom is -0.301 e. The quantitative estimate of drug-likeness (QED) is 0.696. The lowest BCUT2D eigenvalue weighted by Gasteiger charge is -2.43. The molecule has 1 unspecified atom stereocenters. The Morgan fingerprint density at radius 3 is 2.47 bits per heavy atom. The first-order valence-electron chi connectivity index (χ1n) is 7.25. The molecule has 2 aliphatic rings. The molecule has 0 aromatic heterocycles. The van der Waals surface area contributed by atoms with Gasteiger partial charge in [-0.3, -0.25) is 4.90 Å². The fraction of sp³-hybridized carbons (Fsp3) is 1.00. The largest absolute Gasteiger partial charge is 0.301 e. The lowest BCUT2D eigenvalue weighted by molar-refractivity contribution is 0.0987. The number of rotatable bonds is 6. The summed E-state index contributed by atoms with van der Waals surface area (Å²) in [5, 5.41) is 1.20. The first-order valence-corrected chi connectivity index (χ1v) is 8.37. The number of nitrogens with zero attached hydrogens (tertiary/aromatic N) is 2. The molecule has 1 heterocycles. The Balaban J connectivity index is 1.81. The zero-order valence-electron chi connectivity index (χ0n) is 11.4. The van der Waals surface area contributed by atoms with Crippen LogP contribution in [0.3, 0.4) is 0 Å². The van der Waals surface area contributed by atoms with Crippen LogP contribution in [-0.2, 0) is 0 Å². The highest BCUT2D eigenvalue weighted by Crippen LogP contribution is 2.43. The number of alkyl halides is 1. The molecule has 0 N–H and O–H groups in total. The van der Waals surface area contributed by atoms with Crippen LogP contribution in [0, 0.1) is 5.41 Å². The Bertz CT molecular complexity index is 231. The van der Waals surface area contributed by atoms with Crippen molar-refractivity contribution in [3.8, 4) is 0 Å². The normalized spacial score (nSPS) is 28.6. The van der Waals surface area contributed by atoms with Crippen molar-refractivity contribution in [2.45, 2.75) is 45.6 Å². The summed E-state index contributed by atoms with van der Waals surface area (Å²) in [7, 11) is 0. The van der Waals surface area contributed by atoms with Crippen LogP contribution < -0.4 is 0 Å². The lowest BCUT2D eigenvalue weighted by Crippen LogP contribution is -2.44. The Hall–Kier alpha value is 0.400. The lowest BCUT2D eigenvalue weighted by atomic mass is 9.70. The van der Waals surface area contributed by atoms with Gasteiger partial charge in [-0.1, -0.05) is 36.2 Å². The van der Waals surface area contributed by atoms with E-state index in [1.54, 1.807) is 0 Å². The fourth-order valence-corrected chi connectivity index (χ4v) is 4.22. The topological polar surface area (TPSA) is 6.48 Å². The maximum Gasteiger partial charge on any atom is 0.0235 e. The molecule has 1 atom stereocenters. The van der Waals surface area contributed by atoms with Gasteiger partial charge >= 0.3 is 0 Å². The van der Waals surface area contributed by atoms with Gasteiger partial charge in [0.2, 0.25) is 0 Å². The van der Waals surface area contributed by atoms with E-state index in [-0.39, 0.29) is 0 Å². The fourth-order valence-electron chi connectivity index (χ4n) is 3.48. The molecular formula is C14H27BrN2. The molecule has 0 radical (unpaired) electrons. The molecule has 1 aliphatic heterocycles. The molecule has 0 amide bonds. The van der Waals surface area contributed by atoms with Crippen LogP contribution in [0.4, 0.5) is 0 Å². The highest BCUT2D eigenvalue weighted by molar-refractivity contribution is 9.09. The molecule has 0 aromatic carbocycles. The summed E-state index contributed by atoms with van der Waals surface area (Å²) in [5.74, 6) is 0. The van der Waals surface area contributed by atoms with Crippen molar-refractivity contribution in [1.82, 2.24) is 9.80 Å². The maximum absolute atomic E-state index is 3.72. The molecule has 0 aromatic rings. The van der Waals surface area contributed by atoms with Crippen LogP contribution in [0.2, 0.25) is 0 Å². The van der Waals surface area contributed by atoms with E-state index in [9.17, 15) is 0 Å². The molecule has 2 rings (SSSR count). The summed E-state index contributed by atoms with van der Waals surface area (Å²) in [6.45, 7) is 10.9. The molecule has 0 bridgehead atoms. The second-order valence-corrected chi connectivity index (χ2v) is 6.45. The van der Waals surface area contributed by atoms with Gasteiger partial charge in [-0.2, -0.15) is 0 Å². The second-order valence-electron chi connectivity index (χ2n) is 5.89. The molecule has 2 fully saturated rings. The molecule has 2 nitrogen and oxygen atoms in total. The second kappa shape index (κ2) is 6.03. The molecule has 1 saturated heterocycles. The highest BCUT2D eigenvalue weighted by Gasteiger charge is 2.39. The van der Waals surface area contributed by atoms with Gasteiger partial charge in [-0.25, -0.2) is 0 Å². The molecule has 100 valence electrons. The number of likely N-dealkylation sites (N-methyl/N-ethyl adjacent to an activating group) is 1. The van der Waals surface area contributed by atoms with Crippen molar-refractivity contribution in [1.29, 1.82) is 0 Å². The Labute approximate surface area is 115 Å². The van der Waals surface area contributed by atoms with Crippen LogP contribution in [0.1, 0.15) is 39.5 Å². The molecule has 0 spiro atoms. The highest BCUT2D eigenvalue weighted by atomic mass is 79.9. The van der Waals surface area contributed by atoms with Crippen molar-refractivity contribution < 1.29 is 0 Å². The number of hydrogen-bond donors (Lipinski definition) is 0. The molecular weight excluding hydrogens is 276 g/mol. The summed E-state index contributed by atoms with van der Waals surface area (Å²) in [6, 6.07) is 0.817. The van der Waals surface area contributed by atoms with Crippen molar-refractivity contribution in [3.63, 3.8) is 0 Å². The summed E-state index contributed by atoms with van der Waals surface area (Å²) < 4.78 is 0. The van der Waals surface area contributed by atoms with Crippen LogP contribution in [-0.4, -0.2) is 53.9 Å². The van der Waals surface area contributed by atoms with Gasteiger partial charge in [-0.05, 0) is 44.3 Å². The molecule has 17 heavy (non-hydrogen) atoms. The standard InChI is InChI=1S/C14H27BrN2/c1-3-17(4-2)13-6-9-16(10-13)12-14(11-15)7-5-8-14/h13H,3-12H2,1-2H3. The first-order chi connectivity index (χ1) is 8.23. The summed E-state index contributed by atoms with van der Waals surface area (Å²) >= 11 is 3.72. The van der Waals surface area contributed by atoms with Gasteiger partial charge < -0.3 is 4.90 Å². The predicted octanol–water partition coefficient (Wildman–Crippen LogP) is 2.97. The van der Waals surface area contributed by atoms with Crippen LogP contribution in [0.15, 0.2) is 0 Å². The predicted molar refractivity (Wildman–Crippen MR) is 77.8 cm³/mol. The van der Waals surface area contributed by atoms with Crippen molar-refractivity contribution >= 4 is 15.9 Å². The smallest absolute Gasteiger partial charge is 0.0235 e. The van der Waals surface area contributed by atoms with E-state index in [1.165, 1.54) is 63.7 Å². The van der Waals surface area contributed by atoms with E-state index >= 15 is 0 Å². The van der Waals surface area contributed by atoms with Gasteiger partial charge in [0.05, 0.1) is 0 Å². The number of halogens is 1. The maximum atomic E-state index is 3.72.